The second-order valence-electron chi connectivity index (χ2n) is 4.98. The van der Waals surface area contributed by atoms with Gasteiger partial charge in [-0.05, 0) is 37.6 Å². The zero-order valence-electron chi connectivity index (χ0n) is 12.4. The molecule has 0 fully saturated rings. The van der Waals surface area contributed by atoms with Crippen LogP contribution in [0.25, 0.3) is 0 Å². The first-order chi connectivity index (χ1) is 9.97. The molecule has 4 nitrogen and oxygen atoms in total. The molecule has 1 amide bonds. The summed E-state index contributed by atoms with van der Waals surface area (Å²) in [5, 5.41) is 2.79. The predicted octanol–water partition coefficient (Wildman–Crippen LogP) is 2.48. The number of aryl methyl sites for hydroxylation is 1. The van der Waals surface area contributed by atoms with Gasteiger partial charge in [-0.1, -0.05) is 6.07 Å². The van der Waals surface area contributed by atoms with Crippen LogP contribution in [0, 0.1) is 19.7 Å². The number of amides is 1. The van der Waals surface area contributed by atoms with Gasteiger partial charge in [0.05, 0.1) is 0 Å². The second kappa shape index (κ2) is 6.43. The average Bonchev–Trinajstić information content (AvgIpc) is 2.70. The van der Waals surface area contributed by atoms with Crippen molar-refractivity contribution in [1.82, 2.24) is 9.88 Å². The summed E-state index contributed by atoms with van der Waals surface area (Å²) in [5.74, 6) is -0.277. The van der Waals surface area contributed by atoms with E-state index in [1.165, 1.54) is 12.1 Å². The molecule has 112 valence electrons. The van der Waals surface area contributed by atoms with Gasteiger partial charge in [0.2, 0.25) is 0 Å². The summed E-state index contributed by atoms with van der Waals surface area (Å²) in [5.41, 5.74) is 3.35. The van der Waals surface area contributed by atoms with Crippen molar-refractivity contribution in [3.05, 3.63) is 53.1 Å². The van der Waals surface area contributed by atoms with Gasteiger partial charge in [0.15, 0.2) is 6.61 Å². The highest BCUT2D eigenvalue weighted by Crippen LogP contribution is 2.13. The van der Waals surface area contributed by atoms with E-state index in [1.807, 2.05) is 27.0 Å². The van der Waals surface area contributed by atoms with Gasteiger partial charge in [-0.15, -0.1) is 0 Å². The molecule has 0 saturated carbocycles. The quantitative estimate of drug-likeness (QED) is 0.919. The maximum Gasteiger partial charge on any atom is 0.258 e. The zero-order chi connectivity index (χ0) is 15.4. The molecule has 0 aliphatic heterocycles. The van der Waals surface area contributed by atoms with Crippen LogP contribution < -0.4 is 10.1 Å². The second-order valence-corrected chi connectivity index (χ2v) is 4.98. The molecular weight excluding hydrogens is 271 g/mol. The monoisotopic (exact) mass is 290 g/mol. The summed E-state index contributed by atoms with van der Waals surface area (Å²) in [4.78, 5) is 11.7. The number of aromatic nitrogens is 1. The highest BCUT2D eigenvalue weighted by molar-refractivity contribution is 5.77. The summed E-state index contributed by atoms with van der Waals surface area (Å²) in [6.07, 6.45) is 0. The van der Waals surface area contributed by atoms with E-state index in [0.29, 0.717) is 12.3 Å². The van der Waals surface area contributed by atoms with Gasteiger partial charge in [-0.3, -0.25) is 4.79 Å². The third-order valence-electron chi connectivity index (χ3n) is 3.52. The molecule has 0 unspecified atom stereocenters. The SMILES string of the molecule is Cc1cc(CNC(=O)COc2cccc(F)c2)c(C)n1C. The lowest BCUT2D eigenvalue weighted by atomic mass is 10.2. The Morgan fingerprint density at radius 1 is 1.33 bits per heavy atom. The Morgan fingerprint density at radius 3 is 2.71 bits per heavy atom. The largest absolute Gasteiger partial charge is 0.484 e. The molecule has 1 aromatic carbocycles. The standard InChI is InChI=1S/C16H19FN2O2/c1-11-7-13(12(2)19(11)3)9-18-16(20)10-21-15-6-4-5-14(17)8-15/h4-8H,9-10H2,1-3H3,(H,18,20). The van der Waals surface area contributed by atoms with Crippen molar-refractivity contribution in [3.63, 3.8) is 0 Å². The highest BCUT2D eigenvalue weighted by atomic mass is 19.1. The summed E-state index contributed by atoms with van der Waals surface area (Å²) >= 11 is 0. The van der Waals surface area contributed by atoms with Crippen molar-refractivity contribution in [2.24, 2.45) is 7.05 Å². The molecule has 2 rings (SSSR count). The van der Waals surface area contributed by atoms with Crippen molar-refractivity contribution in [3.8, 4) is 5.75 Å². The minimum Gasteiger partial charge on any atom is -0.484 e. The van der Waals surface area contributed by atoms with Crippen molar-refractivity contribution in [1.29, 1.82) is 0 Å². The van der Waals surface area contributed by atoms with E-state index in [9.17, 15) is 9.18 Å². The number of carbonyl (C=O) groups excluding carboxylic acids is 1. The fraction of sp³-hybridized carbons (Fsp3) is 0.312. The number of benzene rings is 1. The highest BCUT2D eigenvalue weighted by Gasteiger charge is 2.08. The van der Waals surface area contributed by atoms with Gasteiger partial charge in [-0.2, -0.15) is 0 Å². The van der Waals surface area contributed by atoms with Crippen LogP contribution in [0.3, 0.4) is 0 Å². The molecule has 2 aromatic rings. The molecule has 1 aromatic heterocycles. The van der Waals surface area contributed by atoms with Crippen molar-refractivity contribution in [2.45, 2.75) is 20.4 Å². The van der Waals surface area contributed by atoms with Crippen LogP contribution in [-0.2, 0) is 18.4 Å². The number of carbonyl (C=O) groups is 1. The number of halogens is 1. The molecule has 21 heavy (non-hydrogen) atoms. The molecule has 0 atom stereocenters. The van der Waals surface area contributed by atoms with Gasteiger partial charge in [0.1, 0.15) is 11.6 Å². The van der Waals surface area contributed by atoms with Gasteiger partial charge < -0.3 is 14.6 Å². The summed E-state index contributed by atoms with van der Waals surface area (Å²) < 4.78 is 20.3. The lowest BCUT2D eigenvalue weighted by Gasteiger charge is -2.08. The number of nitrogens with one attached hydrogen (secondary N) is 1. The number of ether oxygens (including phenoxy) is 1. The Balaban J connectivity index is 1.83. The van der Waals surface area contributed by atoms with E-state index in [1.54, 1.807) is 12.1 Å². The van der Waals surface area contributed by atoms with Crippen LogP contribution >= 0.6 is 0 Å². The summed E-state index contributed by atoms with van der Waals surface area (Å²) in [6, 6.07) is 7.77. The summed E-state index contributed by atoms with van der Waals surface area (Å²) in [7, 11) is 1.99. The third kappa shape index (κ3) is 3.84. The molecule has 1 heterocycles. The van der Waals surface area contributed by atoms with Crippen molar-refractivity contribution >= 4 is 5.91 Å². The molecule has 0 aliphatic rings. The van der Waals surface area contributed by atoms with Gasteiger partial charge in [0.25, 0.3) is 5.91 Å². The lowest BCUT2D eigenvalue weighted by molar-refractivity contribution is -0.123. The molecule has 5 heteroatoms. The molecule has 0 saturated heterocycles. The van der Waals surface area contributed by atoms with Crippen LogP contribution in [0.2, 0.25) is 0 Å². The molecule has 1 N–H and O–H groups in total. The zero-order valence-corrected chi connectivity index (χ0v) is 12.4. The first kappa shape index (κ1) is 15.1. The maximum atomic E-state index is 13.0. The van der Waals surface area contributed by atoms with Crippen LogP contribution in [0.15, 0.2) is 30.3 Å². The number of hydrogen-bond donors (Lipinski definition) is 1. The van der Waals surface area contributed by atoms with Crippen molar-refractivity contribution < 1.29 is 13.9 Å². The third-order valence-corrected chi connectivity index (χ3v) is 3.52. The first-order valence-electron chi connectivity index (χ1n) is 6.74. The van der Waals surface area contributed by atoms with Gasteiger partial charge in [0, 0.05) is 31.0 Å². The smallest absolute Gasteiger partial charge is 0.258 e. The molecule has 0 radical (unpaired) electrons. The Morgan fingerprint density at radius 2 is 2.10 bits per heavy atom. The molecule has 0 bridgehead atoms. The Bertz CT molecular complexity index is 650. The fourth-order valence-electron chi connectivity index (χ4n) is 2.06. The van der Waals surface area contributed by atoms with Crippen LogP contribution in [0.1, 0.15) is 17.0 Å². The maximum absolute atomic E-state index is 13.0. The number of rotatable bonds is 5. The number of hydrogen-bond acceptors (Lipinski definition) is 2. The Hall–Kier alpha value is -2.30. The van der Waals surface area contributed by atoms with E-state index in [2.05, 4.69) is 9.88 Å². The molecule has 0 spiro atoms. The summed E-state index contributed by atoms with van der Waals surface area (Å²) in [6.45, 7) is 4.36. The van der Waals surface area contributed by atoms with Gasteiger partial charge in [-0.25, -0.2) is 4.39 Å². The van der Waals surface area contributed by atoms with Crippen LogP contribution in [-0.4, -0.2) is 17.1 Å². The van der Waals surface area contributed by atoms with E-state index < -0.39 is 0 Å². The van der Waals surface area contributed by atoms with E-state index in [4.69, 9.17) is 4.74 Å². The van der Waals surface area contributed by atoms with Crippen LogP contribution in [0.5, 0.6) is 5.75 Å². The molecule has 0 aliphatic carbocycles. The normalized spacial score (nSPS) is 10.5. The first-order valence-corrected chi connectivity index (χ1v) is 6.74. The van der Waals surface area contributed by atoms with E-state index in [-0.39, 0.29) is 18.3 Å². The molecular formula is C16H19FN2O2. The topological polar surface area (TPSA) is 43.3 Å². The minimum absolute atomic E-state index is 0.131. The fourth-order valence-corrected chi connectivity index (χ4v) is 2.06. The van der Waals surface area contributed by atoms with Crippen molar-refractivity contribution in [2.75, 3.05) is 6.61 Å². The van der Waals surface area contributed by atoms with Crippen LogP contribution in [0.4, 0.5) is 4.39 Å². The Kier molecular flexibility index (Phi) is 4.62. The van der Waals surface area contributed by atoms with E-state index >= 15 is 0 Å². The number of nitrogens with zero attached hydrogens (tertiary/aromatic N) is 1. The van der Waals surface area contributed by atoms with Gasteiger partial charge >= 0.3 is 0 Å². The average molecular weight is 290 g/mol. The Labute approximate surface area is 123 Å². The minimum atomic E-state index is -0.386. The lowest BCUT2D eigenvalue weighted by Crippen LogP contribution is -2.28. The van der Waals surface area contributed by atoms with E-state index in [0.717, 1.165) is 17.0 Å². The predicted molar refractivity (Wildman–Crippen MR) is 78.6 cm³/mol.